The van der Waals surface area contributed by atoms with Gasteiger partial charge in [0.1, 0.15) is 12.1 Å². The number of anilines is 2. The Morgan fingerprint density at radius 3 is 3.20 bits per heavy atom. The molecule has 0 unspecified atom stereocenters. The largest absolute Gasteiger partial charge is 0.431 e. The fourth-order valence-electron chi connectivity index (χ4n) is 2.45. The molecule has 0 spiro atoms. The number of rotatable bonds is 5. The van der Waals surface area contributed by atoms with Crippen molar-refractivity contribution in [3.8, 4) is 0 Å². The minimum atomic E-state index is -0.230. The molecule has 0 amide bonds. The Hall–Kier alpha value is -1.88. The van der Waals surface area contributed by atoms with Crippen molar-refractivity contribution >= 4 is 11.7 Å². The molecule has 0 atom stereocenters. The van der Waals surface area contributed by atoms with Gasteiger partial charge in [0.25, 0.3) is 0 Å². The van der Waals surface area contributed by atoms with Gasteiger partial charge in [0, 0.05) is 13.1 Å². The Morgan fingerprint density at radius 1 is 1.45 bits per heavy atom. The summed E-state index contributed by atoms with van der Waals surface area (Å²) >= 11 is 0. The number of oxazole rings is 1. The Bertz CT molecular complexity index is 597. The lowest BCUT2D eigenvalue weighted by Crippen LogP contribution is -2.16. The van der Waals surface area contributed by atoms with Crippen LogP contribution in [0.4, 0.5) is 16.1 Å². The van der Waals surface area contributed by atoms with E-state index in [4.69, 9.17) is 4.42 Å². The van der Waals surface area contributed by atoms with Gasteiger partial charge in [-0.05, 0) is 37.1 Å². The molecule has 1 aromatic heterocycles. The molecule has 1 aliphatic rings. The van der Waals surface area contributed by atoms with E-state index in [0.29, 0.717) is 12.6 Å². The zero-order chi connectivity index (χ0) is 13.9. The van der Waals surface area contributed by atoms with Crippen LogP contribution in [-0.4, -0.2) is 18.1 Å². The van der Waals surface area contributed by atoms with Crippen LogP contribution in [-0.2, 0) is 13.0 Å². The maximum atomic E-state index is 13.4. The van der Waals surface area contributed by atoms with Crippen LogP contribution in [0.5, 0.6) is 0 Å². The number of fused-ring (bicyclic) bond motifs is 1. The van der Waals surface area contributed by atoms with Crippen molar-refractivity contribution in [3.05, 3.63) is 41.5 Å². The highest BCUT2D eigenvalue weighted by molar-refractivity contribution is 5.65. The van der Waals surface area contributed by atoms with Crippen LogP contribution in [0.1, 0.15) is 24.6 Å². The first-order valence-electron chi connectivity index (χ1n) is 6.99. The van der Waals surface area contributed by atoms with Crippen molar-refractivity contribution in [3.63, 3.8) is 0 Å². The van der Waals surface area contributed by atoms with E-state index < -0.39 is 0 Å². The van der Waals surface area contributed by atoms with Crippen molar-refractivity contribution in [2.45, 2.75) is 26.3 Å². The van der Waals surface area contributed by atoms with E-state index in [1.807, 2.05) is 11.0 Å². The summed E-state index contributed by atoms with van der Waals surface area (Å²) in [4.78, 5) is 6.40. The summed E-state index contributed by atoms with van der Waals surface area (Å²) in [5.41, 5.74) is 2.87. The lowest BCUT2D eigenvalue weighted by Gasteiger charge is -2.14. The number of nitrogens with zero attached hydrogens (tertiary/aromatic N) is 2. The van der Waals surface area contributed by atoms with Crippen molar-refractivity contribution in [1.29, 1.82) is 0 Å². The first kappa shape index (κ1) is 13.1. The van der Waals surface area contributed by atoms with Crippen LogP contribution >= 0.6 is 0 Å². The van der Waals surface area contributed by atoms with Gasteiger partial charge in [-0.2, -0.15) is 4.98 Å². The second kappa shape index (κ2) is 5.63. The van der Waals surface area contributed by atoms with Crippen molar-refractivity contribution in [2.24, 2.45) is 0 Å². The van der Waals surface area contributed by atoms with Crippen LogP contribution in [0.15, 0.2) is 28.9 Å². The molecule has 0 bridgehead atoms. The summed E-state index contributed by atoms with van der Waals surface area (Å²) in [6, 6.07) is 5.42. The van der Waals surface area contributed by atoms with Gasteiger partial charge in [0.2, 0.25) is 0 Å². The molecule has 1 aromatic carbocycles. The molecule has 1 N–H and O–H groups in total. The summed E-state index contributed by atoms with van der Waals surface area (Å²) in [7, 11) is 0. The molecule has 3 rings (SSSR count). The molecule has 0 fully saturated rings. The van der Waals surface area contributed by atoms with E-state index in [9.17, 15) is 4.39 Å². The molecule has 0 radical (unpaired) electrons. The van der Waals surface area contributed by atoms with Crippen LogP contribution in [0, 0.1) is 5.82 Å². The number of aromatic nitrogens is 1. The van der Waals surface area contributed by atoms with E-state index in [0.717, 1.165) is 42.9 Å². The van der Waals surface area contributed by atoms with Gasteiger partial charge in [-0.1, -0.05) is 13.0 Å². The standard InChI is InChI=1S/C15H18FN3O/c1-2-6-17-9-13-10-20-15(18-13)19-7-5-11-3-4-12(16)8-14(11)19/h3-4,8,10,17H,2,5-7,9H2,1H3. The third kappa shape index (κ3) is 2.54. The lowest BCUT2D eigenvalue weighted by molar-refractivity contribution is 0.553. The lowest BCUT2D eigenvalue weighted by atomic mass is 10.2. The van der Waals surface area contributed by atoms with E-state index in [1.165, 1.54) is 6.07 Å². The van der Waals surface area contributed by atoms with Crippen LogP contribution in [0.25, 0.3) is 0 Å². The molecule has 2 aromatic rings. The molecule has 0 aliphatic carbocycles. The molecule has 1 aliphatic heterocycles. The maximum Gasteiger partial charge on any atom is 0.302 e. The van der Waals surface area contributed by atoms with Crippen LogP contribution in [0.2, 0.25) is 0 Å². The van der Waals surface area contributed by atoms with Crippen molar-refractivity contribution < 1.29 is 8.81 Å². The molecule has 20 heavy (non-hydrogen) atoms. The first-order chi connectivity index (χ1) is 9.78. The zero-order valence-electron chi connectivity index (χ0n) is 11.5. The number of nitrogens with one attached hydrogen (secondary N) is 1. The molecule has 4 nitrogen and oxygen atoms in total. The normalized spacial score (nSPS) is 13.8. The summed E-state index contributed by atoms with van der Waals surface area (Å²) in [6.07, 6.45) is 3.64. The first-order valence-corrected chi connectivity index (χ1v) is 6.99. The molecule has 0 saturated heterocycles. The summed E-state index contributed by atoms with van der Waals surface area (Å²) in [5, 5.41) is 3.28. The molecule has 0 saturated carbocycles. The van der Waals surface area contributed by atoms with E-state index in [-0.39, 0.29) is 5.82 Å². The predicted octanol–water partition coefficient (Wildman–Crippen LogP) is 3.01. The minimum Gasteiger partial charge on any atom is -0.431 e. The smallest absolute Gasteiger partial charge is 0.302 e. The SMILES string of the molecule is CCCNCc1coc(N2CCc3ccc(F)cc32)n1. The highest BCUT2D eigenvalue weighted by Crippen LogP contribution is 2.34. The summed E-state index contributed by atoms with van der Waals surface area (Å²) in [6.45, 7) is 4.55. The highest BCUT2D eigenvalue weighted by Gasteiger charge is 2.24. The van der Waals surface area contributed by atoms with E-state index in [2.05, 4.69) is 17.2 Å². The van der Waals surface area contributed by atoms with Gasteiger partial charge in [0.05, 0.1) is 11.4 Å². The van der Waals surface area contributed by atoms with Gasteiger partial charge < -0.3 is 9.73 Å². The second-order valence-electron chi connectivity index (χ2n) is 4.97. The molecule has 5 heteroatoms. The van der Waals surface area contributed by atoms with Gasteiger partial charge in [-0.3, -0.25) is 4.90 Å². The van der Waals surface area contributed by atoms with Crippen LogP contribution in [0.3, 0.4) is 0 Å². The molecular weight excluding hydrogens is 257 g/mol. The van der Waals surface area contributed by atoms with Crippen molar-refractivity contribution in [2.75, 3.05) is 18.0 Å². The Balaban J connectivity index is 1.77. The zero-order valence-corrected chi connectivity index (χ0v) is 11.5. The highest BCUT2D eigenvalue weighted by atomic mass is 19.1. The molecular formula is C15H18FN3O. The van der Waals surface area contributed by atoms with Gasteiger partial charge in [-0.25, -0.2) is 4.39 Å². The van der Waals surface area contributed by atoms with E-state index in [1.54, 1.807) is 12.3 Å². The average Bonchev–Trinajstić information content (AvgIpc) is 3.05. The van der Waals surface area contributed by atoms with Crippen molar-refractivity contribution in [1.82, 2.24) is 10.3 Å². The third-order valence-corrected chi connectivity index (χ3v) is 3.45. The van der Waals surface area contributed by atoms with E-state index >= 15 is 0 Å². The molecule has 2 heterocycles. The second-order valence-corrected chi connectivity index (χ2v) is 4.97. The summed E-state index contributed by atoms with van der Waals surface area (Å²) < 4.78 is 18.9. The monoisotopic (exact) mass is 275 g/mol. The predicted molar refractivity (Wildman–Crippen MR) is 75.6 cm³/mol. The number of hydrogen-bond donors (Lipinski definition) is 1. The van der Waals surface area contributed by atoms with Gasteiger partial charge in [0.15, 0.2) is 0 Å². The fourth-order valence-corrected chi connectivity index (χ4v) is 2.45. The van der Waals surface area contributed by atoms with Crippen LogP contribution < -0.4 is 10.2 Å². The Morgan fingerprint density at radius 2 is 2.35 bits per heavy atom. The molecule has 106 valence electrons. The summed E-state index contributed by atoms with van der Waals surface area (Å²) in [5.74, 6) is -0.230. The quantitative estimate of drug-likeness (QED) is 0.852. The maximum absolute atomic E-state index is 13.4. The fraction of sp³-hybridized carbons (Fsp3) is 0.400. The Kier molecular flexibility index (Phi) is 3.69. The number of benzene rings is 1. The Labute approximate surface area is 117 Å². The minimum absolute atomic E-state index is 0.230. The van der Waals surface area contributed by atoms with Gasteiger partial charge in [-0.15, -0.1) is 0 Å². The number of hydrogen-bond acceptors (Lipinski definition) is 4. The van der Waals surface area contributed by atoms with Gasteiger partial charge >= 0.3 is 6.01 Å². The topological polar surface area (TPSA) is 41.3 Å². The average molecular weight is 275 g/mol. The third-order valence-electron chi connectivity index (χ3n) is 3.45. The number of halogens is 1.